The molecule has 3 aromatic rings. The highest BCUT2D eigenvalue weighted by Crippen LogP contribution is 2.37. The minimum absolute atomic E-state index is 0.0241. The molecule has 28 heavy (non-hydrogen) atoms. The molecule has 2 heterocycles. The summed E-state index contributed by atoms with van der Waals surface area (Å²) in [6, 6.07) is 15.5. The summed E-state index contributed by atoms with van der Waals surface area (Å²) >= 11 is 1.36. The summed E-state index contributed by atoms with van der Waals surface area (Å²) in [6.45, 7) is 3.86. The molecule has 0 radical (unpaired) electrons. The highest BCUT2D eigenvalue weighted by atomic mass is 32.2. The van der Waals surface area contributed by atoms with Crippen LogP contribution in [0.15, 0.2) is 58.5 Å². The predicted molar refractivity (Wildman–Crippen MR) is 109 cm³/mol. The van der Waals surface area contributed by atoms with Crippen molar-refractivity contribution in [2.24, 2.45) is 0 Å². The molecule has 1 aliphatic rings. The van der Waals surface area contributed by atoms with Crippen LogP contribution < -0.4 is 15.1 Å². The Morgan fingerprint density at radius 2 is 1.93 bits per heavy atom. The molecule has 0 bridgehead atoms. The molecule has 1 aromatic heterocycles. The predicted octanol–water partition coefficient (Wildman–Crippen LogP) is 3.06. The highest BCUT2D eigenvalue weighted by Gasteiger charge is 2.45. The summed E-state index contributed by atoms with van der Waals surface area (Å²) < 4.78 is 1.69. The van der Waals surface area contributed by atoms with Gasteiger partial charge >= 0.3 is 11.3 Å². The Morgan fingerprint density at radius 3 is 2.61 bits per heavy atom. The normalized spacial score (nSPS) is 15.1. The number of hydrogen-bond donors (Lipinski definition) is 1. The van der Waals surface area contributed by atoms with Gasteiger partial charge in [-0.2, -0.15) is 0 Å². The number of carbonyl (C=O) groups is 1. The van der Waals surface area contributed by atoms with Crippen molar-refractivity contribution in [1.29, 1.82) is 0 Å². The van der Waals surface area contributed by atoms with Crippen LogP contribution in [0.4, 0.5) is 5.69 Å². The van der Waals surface area contributed by atoms with Gasteiger partial charge in [0, 0.05) is 17.1 Å². The topological polar surface area (TPSA) is 69.9 Å². The SMILES string of the molecule is CCC(=O)N1c2ccccc2-c2c(=O)[nH]c(SC)n[n+]2[C@H]1c1ccc(C)cc1. The minimum Gasteiger partial charge on any atom is -0.291 e. The van der Waals surface area contributed by atoms with Gasteiger partial charge in [-0.1, -0.05) is 48.5 Å². The fourth-order valence-corrected chi connectivity index (χ4v) is 3.91. The van der Waals surface area contributed by atoms with E-state index in [4.69, 9.17) is 0 Å². The number of hydrogen-bond acceptors (Lipinski definition) is 4. The number of H-pyrrole nitrogens is 1. The van der Waals surface area contributed by atoms with Crippen LogP contribution in [0, 0.1) is 6.92 Å². The molecule has 142 valence electrons. The van der Waals surface area contributed by atoms with E-state index in [0.717, 1.165) is 16.8 Å². The van der Waals surface area contributed by atoms with Crippen LogP contribution in [0.5, 0.6) is 0 Å². The smallest absolute Gasteiger partial charge is 0.291 e. The summed E-state index contributed by atoms with van der Waals surface area (Å²) in [4.78, 5) is 30.6. The molecule has 1 aliphatic heterocycles. The Labute approximate surface area is 167 Å². The maximum absolute atomic E-state index is 13.0. The third kappa shape index (κ3) is 2.92. The van der Waals surface area contributed by atoms with E-state index >= 15 is 0 Å². The van der Waals surface area contributed by atoms with Crippen molar-refractivity contribution in [2.45, 2.75) is 31.6 Å². The van der Waals surface area contributed by atoms with Crippen molar-refractivity contribution in [3.8, 4) is 11.3 Å². The zero-order valence-electron chi connectivity index (χ0n) is 16.0. The molecule has 1 N–H and O–H groups in total. The monoisotopic (exact) mass is 393 g/mol. The molecule has 0 saturated carbocycles. The van der Waals surface area contributed by atoms with Gasteiger partial charge < -0.3 is 0 Å². The van der Waals surface area contributed by atoms with Crippen molar-refractivity contribution >= 4 is 23.4 Å². The third-order valence-electron chi connectivity index (χ3n) is 4.90. The van der Waals surface area contributed by atoms with E-state index < -0.39 is 6.17 Å². The Morgan fingerprint density at radius 1 is 1.21 bits per heavy atom. The molecule has 6 nitrogen and oxygen atoms in total. The van der Waals surface area contributed by atoms with Gasteiger partial charge in [-0.25, -0.2) is 4.90 Å². The van der Waals surface area contributed by atoms with Crippen molar-refractivity contribution in [2.75, 3.05) is 11.2 Å². The number of aryl methyl sites for hydroxylation is 1. The second-order valence-corrected chi connectivity index (χ2v) is 7.47. The Hall–Kier alpha value is -2.93. The second kappa shape index (κ2) is 7.24. The Kier molecular flexibility index (Phi) is 4.77. The van der Waals surface area contributed by atoms with Crippen LogP contribution in [-0.2, 0) is 4.79 Å². The maximum Gasteiger partial charge on any atom is 0.325 e. The summed E-state index contributed by atoms with van der Waals surface area (Å²) in [5, 5.41) is 5.18. The van der Waals surface area contributed by atoms with Gasteiger partial charge in [-0.05, 0) is 42.1 Å². The minimum atomic E-state index is -0.522. The highest BCUT2D eigenvalue weighted by molar-refractivity contribution is 7.98. The molecule has 0 spiro atoms. The standard InChI is InChI=1S/C21H20N4O2S/c1-4-17(26)24-16-8-6-5-7-15(16)18-19(27)22-21(28-3)23-25(18)20(24)14-11-9-13(2)10-12-14/h5-12,20H,4H2,1-3H3/p+1/t20-/m0/s1. The van der Waals surface area contributed by atoms with Crippen molar-refractivity contribution in [3.05, 3.63) is 70.0 Å². The van der Waals surface area contributed by atoms with Gasteiger partial charge in [0.2, 0.25) is 11.1 Å². The molecular formula is C21H21N4O2S+. The van der Waals surface area contributed by atoms with Gasteiger partial charge in [-0.3, -0.25) is 14.6 Å². The summed E-state index contributed by atoms with van der Waals surface area (Å²) in [5.74, 6) is -0.0241. The molecule has 0 unspecified atom stereocenters. The van der Waals surface area contributed by atoms with E-state index in [1.54, 1.807) is 9.58 Å². The number of thioether (sulfide) groups is 1. The Balaban J connectivity index is 2.08. The number of nitrogens with zero attached hydrogens (tertiary/aromatic N) is 3. The number of rotatable bonds is 3. The van der Waals surface area contributed by atoms with Gasteiger partial charge in [-0.15, -0.1) is 0 Å². The lowest BCUT2D eigenvalue weighted by Crippen LogP contribution is -2.60. The van der Waals surface area contributed by atoms with E-state index in [-0.39, 0.29) is 11.5 Å². The van der Waals surface area contributed by atoms with Crippen molar-refractivity contribution in [1.82, 2.24) is 10.1 Å². The average molecular weight is 393 g/mol. The van der Waals surface area contributed by atoms with E-state index in [1.807, 2.05) is 68.6 Å². The maximum atomic E-state index is 13.0. The number of fused-ring (bicyclic) bond motifs is 3. The van der Waals surface area contributed by atoms with Crippen LogP contribution in [0.3, 0.4) is 0 Å². The number of carbonyl (C=O) groups excluding carboxylic acids is 1. The van der Waals surface area contributed by atoms with Crippen LogP contribution in [0.2, 0.25) is 0 Å². The van der Waals surface area contributed by atoms with Crippen LogP contribution in [0.1, 0.15) is 30.6 Å². The molecule has 7 heteroatoms. The first-order valence-corrected chi connectivity index (χ1v) is 10.4. The number of aromatic amines is 1. The van der Waals surface area contributed by atoms with Gasteiger partial charge in [0.05, 0.1) is 11.3 Å². The fourth-order valence-electron chi connectivity index (χ4n) is 3.54. The first-order valence-electron chi connectivity index (χ1n) is 9.13. The van der Waals surface area contributed by atoms with Crippen molar-refractivity contribution < 1.29 is 9.48 Å². The van der Waals surface area contributed by atoms with E-state index in [9.17, 15) is 9.59 Å². The number of nitrogens with one attached hydrogen (secondary N) is 1. The number of anilines is 1. The molecule has 0 aliphatic carbocycles. The van der Waals surface area contributed by atoms with E-state index in [1.165, 1.54) is 11.8 Å². The first kappa shape index (κ1) is 18.4. The number of aromatic nitrogens is 3. The molecule has 4 rings (SSSR count). The first-order chi connectivity index (χ1) is 13.5. The average Bonchev–Trinajstić information content (AvgIpc) is 2.72. The molecule has 1 atom stereocenters. The zero-order valence-corrected chi connectivity index (χ0v) is 16.8. The molecule has 1 amide bonds. The van der Waals surface area contributed by atoms with Crippen LogP contribution in [-0.4, -0.2) is 22.2 Å². The largest absolute Gasteiger partial charge is 0.325 e. The lowest BCUT2D eigenvalue weighted by atomic mass is 10.0. The number of benzene rings is 2. The summed E-state index contributed by atoms with van der Waals surface area (Å²) in [5.41, 5.74) is 3.70. The zero-order chi connectivity index (χ0) is 19.8. The quantitative estimate of drug-likeness (QED) is 0.548. The lowest BCUT2D eigenvalue weighted by molar-refractivity contribution is -0.763. The molecule has 2 aromatic carbocycles. The van der Waals surface area contributed by atoms with E-state index in [2.05, 4.69) is 10.1 Å². The second-order valence-electron chi connectivity index (χ2n) is 6.68. The van der Waals surface area contributed by atoms with Gasteiger partial charge in [0.25, 0.3) is 6.17 Å². The Bertz CT molecular complexity index is 1110. The molecule has 0 saturated heterocycles. The third-order valence-corrected chi connectivity index (χ3v) is 5.47. The summed E-state index contributed by atoms with van der Waals surface area (Å²) in [6.07, 6.45) is 1.69. The number of para-hydroxylation sites is 1. The van der Waals surface area contributed by atoms with Crippen molar-refractivity contribution in [3.63, 3.8) is 0 Å². The number of amides is 1. The van der Waals surface area contributed by atoms with Gasteiger partial charge in [0.15, 0.2) is 0 Å². The van der Waals surface area contributed by atoms with Crippen LogP contribution >= 0.6 is 11.8 Å². The van der Waals surface area contributed by atoms with Crippen LogP contribution in [0.25, 0.3) is 11.3 Å². The summed E-state index contributed by atoms with van der Waals surface area (Å²) in [7, 11) is 0. The fraction of sp³-hybridized carbons (Fsp3) is 0.238. The van der Waals surface area contributed by atoms with E-state index in [0.29, 0.717) is 22.8 Å². The van der Waals surface area contributed by atoms with Gasteiger partial charge in [0.1, 0.15) is 0 Å². The molecule has 0 fully saturated rings. The lowest BCUT2D eigenvalue weighted by Gasteiger charge is -2.32. The molecular weight excluding hydrogens is 372 g/mol.